The van der Waals surface area contributed by atoms with E-state index in [0.29, 0.717) is 26.1 Å². The number of thiol groups is 1. The summed E-state index contributed by atoms with van der Waals surface area (Å²) in [7, 11) is 0. The Balaban J connectivity index is 1.91. The topological polar surface area (TPSA) is 29.5 Å². The Bertz CT molecular complexity index is 410. The minimum Gasteiger partial charge on any atom is -0.375 e. The van der Waals surface area contributed by atoms with Crippen LogP contribution in [0.25, 0.3) is 0 Å². The fraction of sp³-hybridized carbons (Fsp3) is 0.533. The second-order valence-corrected chi connectivity index (χ2v) is 5.51. The van der Waals surface area contributed by atoms with E-state index in [1.165, 1.54) is 0 Å². The third-order valence-electron chi connectivity index (χ3n) is 3.46. The van der Waals surface area contributed by atoms with Crippen LogP contribution in [0.2, 0.25) is 0 Å². The summed E-state index contributed by atoms with van der Waals surface area (Å²) >= 11 is 4.47. The average molecular weight is 279 g/mol. The van der Waals surface area contributed by atoms with E-state index in [2.05, 4.69) is 19.6 Å². The summed E-state index contributed by atoms with van der Waals surface area (Å²) in [6.45, 7) is 4.10. The van der Waals surface area contributed by atoms with Gasteiger partial charge in [-0.3, -0.25) is 4.79 Å². The maximum atomic E-state index is 12.4. The smallest absolute Gasteiger partial charge is 0.235 e. The van der Waals surface area contributed by atoms with Gasteiger partial charge in [-0.25, -0.2) is 0 Å². The molecule has 2 rings (SSSR count). The van der Waals surface area contributed by atoms with Crippen molar-refractivity contribution in [3.8, 4) is 0 Å². The molecule has 0 aromatic heterocycles. The first kappa shape index (κ1) is 14.4. The Kier molecular flexibility index (Phi) is 5.28. The monoisotopic (exact) mass is 279 g/mol. The predicted molar refractivity (Wildman–Crippen MR) is 79.5 cm³/mol. The molecular weight excluding hydrogens is 258 g/mol. The molecule has 1 amide bonds. The molecule has 0 bridgehead atoms. The summed E-state index contributed by atoms with van der Waals surface area (Å²) in [5.74, 6) is 0.119. The normalized spacial score (nSPS) is 21.2. The number of carbonyl (C=O) groups is 1. The molecule has 104 valence electrons. The van der Waals surface area contributed by atoms with Crippen LogP contribution in [0, 0.1) is 0 Å². The number of nitrogens with zero attached hydrogens (tertiary/aromatic N) is 1. The van der Waals surface area contributed by atoms with Crippen molar-refractivity contribution in [1.82, 2.24) is 4.90 Å². The zero-order valence-electron chi connectivity index (χ0n) is 11.3. The van der Waals surface area contributed by atoms with Crippen molar-refractivity contribution in [2.75, 3.05) is 19.7 Å². The standard InChI is InChI=1S/C15H21NO2S/c1-2-13-11-16(8-9-18-13)15(17)14(19)10-12-6-4-3-5-7-12/h3-7,13-14,19H,2,8-11H2,1H3. The van der Waals surface area contributed by atoms with E-state index in [0.717, 1.165) is 12.0 Å². The molecule has 0 aliphatic carbocycles. The summed E-state index contributed by atoms with van der Waals surface area (Å²) in [6.07, 6.45) is 1.80. The largest absolute Gasteiger partial charge is 0.375 e. The maximum Gasteiger partial charge on any atom is 0.235 e. The van der Waals surface area contributed by atoms with Gasteiger partial charge in [-0.2, -0.15) is 12.6 Å². The first-order valence-electron chi connectivity index (χ1n) is 6.83. The Hall–Kier alpha value is -1.00. The Morgan fingerprint density at radius 2 is 2.21 bits per heavy atom. The van der Waals surface area contributed by atoms with Crippen molar-refractivity contribution >= 4 is 18.5 Å². The lowest BCUT2D eigenvalue weighted by Gasteiger charge is -2.33. The van der Waals surface area contributed by atoms with Crippen LogP contribution in [0.4, 0.5) is 0 Å². The van der Waals surface area contributed by atoms with E-state index in [1.54, 1.807) is 0 Å². The van der Waals surface area contributed by atoms with Gasteiger partial charge in [-0.05, 0) is 18.4 Å². The second kappa shape index (κ2) is 6.96. The van der Waals surface area contributed by atoms with Crippen molar-refractivity contribution in [1.29, 1.82) is 0 Å². The lowest BCUT2D eigenvalue weighted by molar-refractivity contribution is -0.138. The molecule has 3 nitrogen and oxygen atoms in total. The average Bonchev–Trinajstić information content (AvgIpc) is 2.47. The first-order chi connectivity index (χ1) is 9.20. The van der Waals surface area contributed by atoms with Crippen molar-refractivity contribution in [2.45, 2.75) is 31.1 Å². The molecule has 19 heavy (non-hydrogen) atoms. The number of amides is 1. The molecule has 0 spiro atoms. The molecule has 1 aromatic rings. The number of morpholine rings is 1. The summed E-state index contributed by atoms with van der Waals surface area (Å²) < 4.78 is 5.59. The van der Waals surface area contributed by atoms with Crippen LogP contribution in [-0.2, 0) is 16.0 Å². The number of hydrogen-bond acceptors (Lipinski definition) is 3. The summed E-state index contributed by atoms with van der Waals surface area (Å²) in [6, 6.07) is 10.0. The SMILES string of the molecule is CCC1CN(C(=O)C(S)Cc2ccccc2)CCO1. The summed E-state index contributed by atoms with van der Waals surface area (Å²) in [5, 5.41) is -0.266. The van der Waals surface area contributed by atoms with E-state index in [4.69, 9.17) is 4.74 Å². The van der Waals surface area contributed by atoms with Gasteiger partial charge in [0.2, 0.25) is 5.91 Å². The van der Waals surface area contributed by atoms with Crippen molar-refractivity contribution in [3.63, 3.8) is 0 Å². The summed E-state index contributed by atoms with van der Waals surface area (Å²) in [5.41, 5.74) is 1.15. The van der Waals surface area contributed by atoms with Crippen LogP contribution in [0.1, 0.15) is 18.9 Å². The molecule has 1 heterocycles. The van der Waals surface area contributed by atoms with Crippen LogP contribution in [-0.4, -0.2) is 41.9 Å². The number of ether oxygens (including phenoxy) is 1. The fourth-order valence-electron chi connectivity index (χ4n) is 2.30. The van der Waals surface area contributed by atoms with E-state index < -0.39 is 0 Å². The fourth-order valence-corrected chi connectivity index (χ4v) is 2.68. The molecule has 1 aliphatic heterocycles. The van der Waals surface area contributed by atoms with E-state index in [1.807, 2.05) is 35.2 Å². The molecule has 1 saturated heterocycles. The first-order valence-corrected chi connectivity index (χ1v) is 7.34. The quantitative estimate of drug-likeness (QED) is 0.856. The van der Waals surface area contributed by atoms with Gasteiger partial charge >= 0.3 is 0 Å². The van der Waals surface area contributed by atoms with E-state index >= 15 is 0 Å². The molecule has 1 aliphatic rings. The van der Waals surface area contributed by atoms with Gasteiger partial charge in [0.1, 0.15) is 0 Å². The zero-order chi connectivity index (χ0) is 13.7. The van der Waals surface area contributed by atoms with Crippen LogP contribution in [0.15, 0.2) is 30.3 Å². The number of rotatable bonds is 4. The minimum absolute atomic E-state index is 0.119. The van der Waals surface area contributed by atoms with Crippen molar-refractivity contribution in [2.24, 2.45) is 0 Å². The third kappa shape index (κ3) is 3.98. The van der Waals surface area contributed by atoms with Gasteiger partial charge in [0.25, 0.3) is 0 Å². The van der Waals surface area contributed by atoms with Gasteiger partial charge in [-0.1, -0.05) is 37.3 Å². The van der Waals surface area contributed by atoms with Crippen molar-refractivity contribution < 1.29 is 9.53 Å². The molecule has 0 N–H and O–H groups in total. The molecule has 2 atom stereocenters. The molecule has 0 radical (unpaired) electrons. The molecule has 2 unspecified atom stereocenters. The number of hydrogen-bond donors (Lipinski definition) is 1. The van der Waals surface area contributed by atoms with Gasteiger partial charge in [0, 0.05) is 13.1 Å². The molecule has 4 heteroatoms. The Morgan fingerprint density at radius 1 is 1.47 bits per heavy atom. The summed E-state index contributed by atoms with van der Waals surface area (Å²) in [4.78, 5) is 14.2. The highest BCUT2D eigenvalue weighted by atomic mass is 32.1. The predicted octanol–water partition coefficient (Wildman–Crippen LogP) is 2.16. The third-order valence-corrected chi connectivity index (χ3v) is 3.87. The van der Waals surface area contributed by atoms with Gasteiger partial charge in [-0.15, -0.1) is 0 Å². The highest BCUT2D eigenvalue weighted by Crippen LogP contribution is 2.14. The molecule has 0 saturated carbocycles. The maximum absolute atomic E-state index is 12.4. The van der Waals surface area contributed by atoms with Crippen LogP contribution in [0.5, 0.6) is 0 Å². The minimum atomic E-state index is -0.266. The van der Waals surface area contributed by atoms with E-state index in [9.17, 15) is 4.79 Å². The second-order valence-electron chi connectivity index (χ2n) is 4.89. The van der Waals surface area contributed by atoms with Gasteiger partial charge in [0.15, 0.2) is 0 Å². The number of benzene rings is 1. The van der Waals surface area contributed by atoms with Gasteiger partial charge in [0.05, 0.1) is 18.0 Å². The van der Waals surface area contributed by atoms with Gasteiger partial charge < -0.3 is 9.64 Å². The zero-order valence-corrected chi connectivity index (χ0v) is 12.2. The molecular formula is C15H21NO2S. The van der Waals surface area contributed by atoms with Crippen molar-refractivity contribution in [3.05, 3.63) is 35.9 Å². The highest BCUT2D eigenvalue weighted by Gasteiger charge is 2.26. The molecule has 1 fully saturated rings. The number of carbonyl (C=O) groups excluding carboxylic acids is 1. The van der Waals surface area contributed by atoms with E-state index in [-0.39, 0.29) is 17.3 Å². The van der Waals surface area contributed by atoms with Crippen LogP contribution in [0.3, 0.4) is 0 Å². The van der Waals surface area contributed by atoms with Crippen LogP contribution >= 0.6 is 12.6 Å². The molecule has 1 aromatic carbocycles. The highest BCUT2D eigenvalue weighted by molar-refractivity contribution is 7.81. The Labute approximate surface area is 120 Å². The Morgan fingerprint density at radius 3 is 2.89 bits per heavy atom. The van der Waals surface area contributed by atoms with Crippen LogP contribution < -0.4 is 0 Å². The lowest BCUT2D eigenvalue weighted by atomic mass is 10.1. The lowest BCUT2D eigenvalue weighted by Crippen LogP contribution is -2.48.